The van der Waals surface area contributed by atoms with Crippen molar-refractivity contribution in [3.8, 4) is 0 Å². The predicted molar refractivity (Wildman–Crippen MR) is 29.2 cm³/mol. The molecular formula is C4H4N4O. The Morgan fingerprint density at radius 3 is 3.11 bits per heavy atom. The number of hydrogen-bond acceptors (Lipinski definition) is 5. The molecule has 46 valence electrons. The second-order valence-electron chi connectivity index (χ2n) is 1.28. The molecule has 0 aromatic carbocycles. The van der Waals surface area contributed by atoms with E-state index in [4.69, 9.17) is 5.21 Å². The minimum Gasteiger partial charge on any atom is -0.411 e. The quantitative estimate of drug-likeness (QED) is 0.316. The SMILES string of the molecule is O/N=C/c1cncnn1. The molecule has 1 heterocycles. The van der Waals surface area contributed by atoms with Gasteiger partial charge in [0.15, 0.2) is 0 Å². The van der Waals surface area contributed by atoms with Crippen LogP contribution in [0.15, 0.2) is 17.7 Å². The van der Waals surface area contributed by atoms with Crippen molar-refractivity contribution in [3.63, 3.8) is 0 Å². The van der Waals surface area contributed by atoms with E-state index >= 15 is 0 Å². The lowest BCUT2D eigenvalue weighted by molar-refractivity contribution is 0.321. The van der Waals surface area contributed by atoms with Gasteiger partial charge in [0.1, 0.15) is 12.0 Å². The number of nitrogens with zero attached hydrogens (tertiary/aromatic N) is 4. The molecule has 5 nitrogen and oxygen atoms in total. The van der Waals surface area contributed by atoms with E-state index in [0.717, 1.165) is 6.21 Å². The van der Waals surface area contributed by atoms with Gasteiger partial charge in [-0.15, -0.1) is 10.2 Å². The van der Waals surface area contributed by atoms with Crippen molar-refractivity contribution >= 4 is 6.21 Å². The zero-order chi connectivity index (χ0) is 6.53. The Morgan fingerprint density at radius 1 is 1.67 bits per heavy atom. The van der Waals surface area contributed by atoms with Crippen LogP contribution in [0.3, 0.4) is 0 Å². The first-order valence-electron chi connectivity index (χ1n) is 2.23. The molecule has 0 radical (unpaired) electrons. The molecule has 1 rings (SSSR count). The molecule has 1 N–H and O–H groups in total. The van der Waals surface area contributed by atoms with Crippen LogP contribution in [0, 0.1) is 0 Å². The second kappa shape index (κ2) is 2.71. The third-order valence-corrected chi connectivity index (χ3v) is 0.688. The Labute approximate surface area is 51.1 Å². The number of hydrogen-bond donors (Lipinski definition) is 1. The van der Waals surface area contributed by atoms with Crippen molar-refractivity contribution in [3.05, 3.63) is 18.2 Å². The molecule has 0 aliphatic rings. The summed E-state index contributed by atoms with van der Waals surface area (Å²) in [4.78, 5) is 3.63. The fourth-order valence-corrected chi connectivity index (χ4v) is 0.376. The fourth-order valence-electron chi connectivity index (χ4n) is 0.376. The number of rotatable bonds is 1. The van der Waals surface area contributed by atoms with Crippen LogP contribution in [0.5, 0.6) is 0 Å². The highest BCUT2D eigenvalue weighted by Gasteiger charge is 1.84. The van der Waals surface area contributed by atoms with Crippen molar-refractivity contribution in [2.75, 3.05) is 0 Å². The van der Waals surface area contributed by atoms with Crippen LogP contribution in [-0.4, -0.2) is 26.6 Å². The fraction of sp³-hybridized carbons (Fsp3) is 0. The third-order valence-electron chi connectivity index (χ3n) is 0.688. The molecule has 0 saturated heterocycles. The van der Waals surface area contributed by atoms with Crippen molar-refractivity contribution in [2.45, 2.75) is 0 Å². The maximum absolute atomic E-state index is 7.99. The van der Waals surface area contributed by atoms with Crippen LogP contribution in [0.4, 0.5) is 0 Å². The average Bonchev–Trinajstić information content (AvgIpc) is 1.91. The summed E-state index contributed by atoms with van der Waals surface area (Å²) in [5.74, 6) is 0. The minimum absolute atomic E-state index is 0.431. The van der Waals surface area contributed by atoms with Gasteiger partial charge in [0.05, 0.1) is 12.4 Å². The largest absolute Gasteiger partial charge is 0.411 e. The van der Waals surface area contributed by atoms with Gasteiger partial charge in [0.2, 0.25) is 0 Å². The van der Waals surface area contributed by atoms with Gasteiger partial charge in [-0.1, -0.05) is 5.16 Å². The van der Waals surface area contributed by atoms with E-state index in [-0.39, 0.29) is 0 Å². The van der Waals surface area contributed by atoms with Gasteiger partial charge in [-0.25, -0.2) is 4.98 Å². The average molecular weight is 124 g/mol. The van der Waals surface area contributed by atoms with Crippen LogP contribution in [0.2, 0.25) is 0 Å². The van der Waals surface area contributed by atoms with Gasteiger partial charge in [-0.3, -0.25) is 0 Å². The van der Waals surface area contributed by atoms with E-state index in [1.807, 2.05) is 0 Å². The Hall–Kier alpha value is -1.52. The molecule has 0 saturated carbocycles. The molecule has 0 bridgehead atoms. The van der Waals surface area contributed by atoms with Crippen molar-refractivity contribution in [1.29, 1.82) is 0 Å². The smallest absolute Gasteiger partial charge is 0.138 e. The molecule has 1 aromatic rings. The van der Waals surface area contributed by atoms with Crippen molar-refractivity contribution < 1.29 is 5.21 Å². The number of oxime groups is 1. The summed E-state index contributed by atoms with van der Waals surface area (Å²) in [6.07, 6.45) is 3.89. The van der Waals surface area contributed by atoms with E-state index in [1.54, 1.807) is 0 Å². The highest BCUT2D eigenvalue weighted by atomic mass is 16.4. The van der Waals surface area contributed by atoms with Gasteiger partial charge in [0, 0.05) is 0 Å². The van der Waals surface area contributed by atoms with E-state index in [0.29, 0.717) is 5.69 Å². The Morgan fingerprint density at radius 2 is 2.56 bits per heavy atom. The Balaban J connectivity index is 2.85. The van der Waals surface area contributed by atoms with Crippen LogP contribution in [0.25, 0.3) is 0 Å². The molecular weight excluding hydrogens is 120 g/mol. The van der Waals surface area contributed by atoms with Gasteiger partial charge < -0.3 is 5.21 Å². The molecule has 0 unspecified atom stereocenters. The van der Waals surface area contributed by atoms with Crippen LogP contribution < -0.4 is 0 Å². The van der Waals surface area contributed by atoms with Crippen LogP contribution in [0.1, 0.15) is 5.69 Å². The molecule has 9 heavy (non-hydrogen) atoms. The Kier molecular flexibility index (Phi) is 1.69. The van der Waals surface area contributed by atoms with E-state index < -0.39 is 0 Å². The first-order chi connectivity index (χ1) is 4.43. The molecule has 0 fully saturated rings. The highest BCUT2D eigenvalue weighted by Crippen LogP contribution is 1.78. The summed E-state index contributed by atoms with van der Waals surface area (Å²) in [5.41, 5.74) is 0.431. The molecule has 0 atom stereocenters. The van der Waals surface area contributed by atoms with Gasteiger partial charge in [-0.05, 0) is 0 Å². The van der Waals surface area contributed by atoms with Crippen LogP contribution >= 0.6 is 0 Å². The molecule has 0 amide bonds. The Bertz CT molecular complexity index is 197. The summed E-state index contributed by atoms with van der Waals surface area (Å²) >= 11 is 0. The first-order valence-corrected chi connectivity index (χ1v) is 2.23. The predicted octanol–water partition coefficient (Wildman–Crippen LogP) is -0.320. The van der Waals surface area contributed by atoms with E-state index in [1.165, 1.54) is 12.5 Å². The van der Waals surface area contributed by atoms with Gasteiger partial charge in [-0.2, -0.15) is 0 Å². The van der Waals surface area contributed by atoms with E-state index in [9.17, 15) is 0 Å². The molecule has 0 aliphatic heterocycles. The summed E-state index contributed by atoms with van der Waals surface area (Å²) in [7, 11) is 0. The minimum atomic E-state index is 0.431. The maximum Gasteiger partial charge on any atom is 0.138 e. The highest BCUT2D eigenvalue weighted by molar-refractivity contribution is 5.75. The number of aromatic nitrogens is 3. The van der Waals surface area contributed by atoms with E-state index in [2.05, 4.69) is 20.3 Å². The molecule has 1 aromatic heterocycles. The zero-order valence-electron chi connectivity index (χ0n) is 4.47. The van der Waals surface area contributed by atoms with Crippen molar-refractivity contribution in [1.82, 2.24) is 15.2 Å². The second-order valence-corrected chi connectivity index (χ2v) is 1.28. The monoisotopic (exact) mass is 124 g/mol. The topological polar surface area (TPSA) is 71.3 Å². The summed E-state index contributed by atoms with van der Waals surface area (Å²) in [5, 5.41) is 17.7. The molecule has 0 aliphatic carbocycles. The summed E-state index contributed by atoms with van der Waals surface area (Å²) in [6, 6.07) is 0. The molecule has 5 heteroatoms. The van der Waals surface area contributed by atoms with Gasteiger partial charge >= 0.3 is 0 Å². The summed E-state index contributed by atoms with van der Waals surface area (Å²) in [6.45, 7) is 0. The van der Waals surface area contributed by atoms with Crippen LogP contribution in [-0.2, 0) is 0 Å². The lowest BCUT2D eigenvalue weighted by Crippen LogP contribution is -1.90. The zero-order valence-corrected chi connectivity index (χ0v) is 4.47. The van der Waals surface area contributed by atoms with Crippen molar-refractivity contribution in [2.24, 2.45) is 5.16 Å². The standard InChI is InChI=1S/C4H4N4O/c9-7-2-4-1-5-3-6-8-4/h1-3,9H/b7-2+. The maximum atomic E-state index is 7.99. The normalized spacial score (nSPS) is 10.2. The van der Waals surface area contributed by atoms with Gasteiger partial charge in [0.25, 0.3) is 0 Å². The molecule has 0 spiro atoms. The lowest BCUT2D eigenvalue weighted by Gasteiger charge is -1.82. The first kappa shape index (κ1) is 5.61. The third kappa shape index (κ3) is 1.45. The lowest BCUT2D eigenvalue weighted by atomic mass is 10.5. The summed E-state index contributed by atoms with van der Waals surface area (Å²) < 4.78 is 0.